The summed E-state index contributed by atoms with van der Waals surface area (Å²) in [7, 11) is 0. The number of aromatic amines is 1. The fourth-order valence-corrected chi connectivity index (χ4v) is 3.59. The van der Waals surface area contributed by atoms with Crippen LogP contribution in [0.25, 0.3) is 10.9 Å². The third-order valence-corrected chi connectivity index (χ3v) is 5.21. The smallest absolute Gasteiger partial charge is 0.241 e. The van der Waals surface area contributed by atoms with Crippen molar-refractivity contribution < 1.29 is 9.59 Å². The number of anilines is 1. The van der Waals surface area contributed by atoms with E-state index in [2.05, 4.69) is 10.3 Å². The summed E-state index contributed by atoms with van der Waals surface area (Å²) in [6.45, 7) is 0. The lowest BCUT2D eigenvalue weighted by Crippen LogP contribution is -2.37. The van der Waals surface area contributed by atoms with Gasteiger partial charge in [0.05, 0.1) is 11.7 Å². The number of carbonyl (C=O) groups is 2. The van der Waals surface area contributed by atoms with Crippen LogP contribution in [0, 0.1) is 0 Å². The maximum Gasteiger partial charge on any atom is 0.241 e. The number of amides is 1. The van der Waals surface area contributed by atoms with E-state index in [0.29, 0.717) is 28.3 Å². The van der Waals surface area contributed by atoms with Crippen molar-refractivity contribution in [2.75, 3.05) is 5.32 Å². The SMILES string of the molecule is Cl.NC(Cc1c[nH]c2ccccc12)C(=O)Nc1ccc(Cl)cc1C(=O)c1ccccc1. The van der Waals surface area contributed by atoms with E-state index >= 15 is 0 Å². The largest absolute Gasteiger partial charge is 0.361 e. The zero-order chi connectivity index (χ0) is 21.1. The highest BCUT2D eigenvalue weighted by Gasteiger charge is 2.20. The Bertz CT molecular complexity index is 1220. The highest BCUT2D eigenvalue weighted by atomic mass is 35.5. The second-order valence-electron chi connectivity index (χ2n) is 7.04. The van der Waals surface area contributed by atoms with Crippen LogP contribution in [0.15, 0.2) is 79.0 Å². The molecule has 31 heavy (non-hydrogen) atoms. The minimum absolute atomic E-state index is 0. The van der Waals surface area contributed by atoms with Gasteiger partial charge in [-0.15, -0.1) is 12.4 Å². The molecule has 0 saturated carbocycles. The molecule has 158 valence electrons. The summed E-state index contributed by atoms with van der Waals surface area (Å²) < 4.78 is 0. The Kier molecular flexibility index (Phi) is 7.13. The van der Waals surface area contributed by atoms with E-state index in [1.807, 2.05) is 36.5 Å². The van der Waals surface area contributed by atoms with E-state index in [1.165, 1.54) is 0 Å². The summed E-state index contributed by atoms with van der Waals surface area (Å²) in [5, 5.41) is 4.24. The molecule has 0 fully saturated rings. The Morgan fingerprint density at radius 1 is 1.00 bits per heavy atom. The second-order valence-corrected chi connectivity index (χ2v) is 7.48. The van der Waals surface area contributed by atoms with E-state index in [4.69, 9.17) is 17.3 Å². The summed E-state index contributed by atoms with van der Waals surface area (Å²) in [5.74, 6) is -0.594. The quantitative estimate of drug-likeness (QED) is 0.359. The number of halogens is 2. The zero-order valence-corrected chi connectivity index (χ0v) is 18.0. The molecule has 3 aromatic carbocycles. The molecule has 0 aliphatic rings. The molecule has 0 aliphatic carbocycles. The van der Waals surface area contributed by atoms with E-state index in [0.717, 1.165) is 16.5 Å². The summed E-state index contributed by atoms with van der Waals surface area (Å²) in [6.07, 6.45) is 2.23. The van der Waals surface area contributed by atoms with Crippen LogP contribution in [-0.4, -0.2) is 22.7 Å². The number of fused-ring (bicyclic) bond motifs is 1. The number of hydrogen-bond acceptors (Lipinski definition) is 3. The number of carbonyl (C=O) groups excluding carboxylic acids is 2. The van der Waals surface area contributed by atoms with Gasteiger partial charge in [-0.25, -0.2) is 0 Å². The minimum Gasteiger partial charge on any atom is -0.361 e. The average molecular weight is 454 g/mol. The number of hydrogen-bond donors (Lipinski definition) is 3. The normalized spacial score (nSPS) is 11.5. The first-order valence-corrected chi connectivity index (χ1v) is 9.91. The van der Waals surface area contributed by atoms with Crippen molar-refractivity contribution in [3.63, 3.8) is 0 Å². The molecule has 0 saturated heterocycles. The summed E-state index contributed by atoms with van der Waals surface area (Å²) in [4.78, 5) is 28.9. The van der Waals surface area contributed by atoms with Gasteiger partial charge in [-0.3, -0.25) is 9.59 Å². The first kappa shape index (κ1) is 22.6. The van der Waals surface area contributed by atoms with Crippen LogP contribution < -0.4 is 11.1 Å². The van der Waals surface area contributed by atoms with Crippen molar-refractivity contribution in [2.45, 2.75) is 12.5 Å². The van der Waals surface area contributed by atoms with Crippen molar-refractivity contribution in [3.05, 3.63) is 101 Å². The molecular weight excluding hydrogens is 433 g/mol. The first-order valence-electron chi connectivity index (χ1n) is 9.53. The van der Waals surface area contributed by atoms with E-state index in [-0.39, 0.29) is 24.1 Å². The Morgan fingerprint density at radius 2 is 1.71 bits per heavy atom. The van der Waals surface area contributed by atoms with Gasteiger partial charge in [-0.2, -0.15) is 0 Å². The van der Waals surface area contributed by atoms with Crippen LogP contribution in [0.1, 0.15) is 21.5 Å². The van der Waals surface area contributed by atoms with E-state index < -0.39 is 6.04 Å². The molecule has 5 nitrogen and oxygen atoms in total. The number of rotatable bonds is 6. The third kappa shape index (κ3) is 4.97. The van der Waals surface area contributed by atoms with Gasteiger partial charge < -0.3 is 16.0 Å². The van der Waals surface area contributed by atoms with Gasteiger partial charge in [0.25, 0.3) is 0 Å². The maximum atomic E-state index is 12.9. The molecule has 1 heterocycles. The number of H-pyrrole nitrogens is 1. The lowest BCUT2D eigenvalue weighted by Gasteiger charge is -2.15. The van der Waals surface area contributed by atoms with Crippen molar-refractivity contribution in [1.82, 2.24) is 4.98 Å². The van der Waals surface area contributed by atoms with Crippen molar-refractivity contribution in [3.8, 4) is 0 Å². The molecule has 4 N–H and O–H groups in total. The monoisotopic (exact) mass is 453 g/mol. The highest BCUT2D eigenvalue weighted by molar-refractivity contribution is 6.31. The number of nitrogens with one attached hydrogen (secondary N) is 2. The Hall–Kier alpha value is -3.12. The van der Waals surface area contributed by atoms with Crippen LogP contribution in [0.4, 0.5) is 5.69 Å². The standard InChI is InChI=1S/C24H20ClN3O2.ClH/c25-17-10-11-22(19(13-17)23(29)15-6-2-1-3-7-15)28-24(30)20(26)12-16-14-27-21-9-5-4-8-18(16)21;/h1-11,13-14,20,27H,12,26H2,(H,28,30);1H. The summed E-state index contributed by atoms with van der Waals surface area (Å²) >= 11 is 6.10. The maximum absolute atomic E-state index is 12.9. The third-order valence-electron chi connectivity index (χ3n) is 4.97. The van der Waals surface area contributed by atoms with Crippen molar-refractivity contribution in [2.24, 2.45) is 5.73 Å². The second kappa shape index (κ2) is 9.79. The molecule has 4 rings (SSSR count). The molecule has 1 aromatic heterocycles. The number of nitrogens with two attached hydrogens (primary N) is 1. The summed E-state index contributed by atoms with van der Waals surface area (Å²) in [5.41, 5.74) is 9.35. The van der Waals surface area contributed by atoms with Gasteiger partial charge >= 0.3 is 0 Å². The Labute approximate surface area is 191 Å². The fourth-order valence-electron chi connectivity index (χ4n) is 3.41. The van der Waals surface area contributed by atoms with Crippen LogP contribution in [-0.2, 0) is 11.2 Å². The molecule has 4 aromatic rings. The lowest BCUT2D eigenvalue weighted by molar-refractivity contribution is -0.117. The van der Waals surface area contributed by atoms with Gasteiger partial charge in [0, 0.05) is 33.2 Å². The zero-order valence-electron chi connectivity index (χ0n) is 16.5. The van der Waals surface area contributed by atoms with E-state index in [1.54, 1.807) is 42.5 Å². The van der Waals surface area contributed by atoms with Gasteiger partial charge in [-0.1, -0.05) is 60.1 Å². The molecule has 0 bridgehead atoms. The van der Waals surface area contributed by atoms with Crippen molar-refractivity contribution >= 4 is 52.3 Å². The highest BCUT2D eigenvalue weighted by Crippen LogP contribution is 2.24. The van der Waals surface area contributed by atoms with Crippen LogP contribution in [0.5, 0.6) is 0 Å². The first-order chi connectivity index (χ1) is 14.5. The van der Waals surface area contributed by atoms with Crippen LogP contribution in [0.2, 0.25) is 5.02 Å². The summed E-state index contributed by atoms with van der Waals surface area (Å²) in [6, 6.07) is 20.7. The topological polar surface area (TPSA) is 88.0 Å². The Morgan fingerprint density at radius 3 is 2.48 bits per heavy atom. The fraction of sp³-hybridized carbons (Fsp3) is 0.0833. The number of benzene rings is 3. The van der Waals surface area contributed by atoms with Gasteiger partial charge in [0.1, 0.15) is 0 Å². The molecular formula is C24H21Cl2N3O2. The van der Waals surface area contributed by atoms with Gasteiger partial charge in [0.15, 0.2) is 5.78 Å². The lowest BCUT2D eigenvalue weighted by atomic mass is 10.0. The molecule has 7 heteroatoms. The molecule has 0 aliphatic heterocycles. The molecule has 1 unspecified atom stereocenters. The van der Waals surface area contributed by atoms with Crippen molar-refractivity contribution in [1.29, 1.82) is 0 Å². The van der Waals surface area contributed by atoms with Crippen LogP contribution in [0.3, 0.4) is 0 Å². The average Bonchev–Trinajstić information content (AvgIpc) is 3.18. The molecule has 1 amide bonds. The Balaban J connectivity index is 0.00000272. The van der Waals surface area contributed by atoms with Crippen LogP contribution >= 0.6 is 24.0 Å². The minimum atomic E-state index is -0.778. The predicted octanol–water partition coefficient (Wildman–Crippen LogP) is 4.98. The number of aromatic nitrogens is 1. The van der Waals surface area contributed by atoms with E-state index in [9.17, 15) is 9.59 Å². The number of ketones is 1. The molecule has 1 atom stereocenters. The number of para-hydroxylation sites is 1. The van der Waals surface area contributed by atoms with Gasteiger partial charge in [0.2, 0.25) is 5.91 Å². The van der Waals surface area contributed by atoms with Gasteiger partial charge in [-0.05, 0) is 36.2 Å². The molecule has 0 radical (unpaired) electrons. The molecule has 0 spiro atoms. The predicted molar refractivity (Wildman–Crippen MR) is 127 cm³/mol.